The Morgan fingerprint density at radius 3 is 2.50 bits per heavy atom. The van der Waals surface area contributed by atoms with Crippen LogP contribution < -0.4 is 5.32 Å². The number of amides is 2. The number of nitrogens with one attached hydrogen (secondary N) is 1. The van der Waals surface area contributed by atoms with Gasteiger partial charge in [-0.3, -0.25) is 4.79 Å². The number of carboxylic acid groups (broad SMARTS) is 1. The van der Waals surface area contributed by atoms with Crippen LogP contribution in [0.5, 0.6) is 0 Å². The summed E-state index contributed by atoms with van der Waals surface area (Å²) in [6.07, 6.45) is 1.47. The predicted molar refractivity (Wildman–Crippen MR) is 77.6 cm³/mol. The summed E-state index contributed by atoms with van der Waals surface area (Å²) in [5, 5.41) is 11.4. The first-order chi connectivity index (χ1) is 9.54. The number of hydrogen-bond acceptors (Lipinski definition) is 2. The minimum absolute atomic E-state index is 0.0797. The molecule has 0 aliphatic rings. The Labute approximate surface area is 119 Å². The molecule has 0 aromatic heterocycles. The van der Waals surface area contributed by atoms with Gasteiger partial charge in [-0.1, -0.05) is 31.2 Å². The molecule has 1 aromatic carbocycles. The van der Waals surface area contributed by atoms with Crippen molar-refractivity contribution in [2.24, 2.45) is 0 Å². The van der Waals surface area contributed by atoms with E-state index in [9.17, 15) is 9.59 Å². The van der Waals surface area contributed by atoms with Crippen molar-refractivity contribution in [3.05, 3.63) is 35.4 Å². The average Bonchev–Trinajstić information content (AvgIpc) is 2.44. The number of aryl methyl sites for hydroxylation is 1. The number of hydrogen-bond donors (Lipinski definition) is 2. The molecule has 0 radical (unpaired) electrons. The maximum absolute atomic E-state index is 11.9. The molecule has 0 heterocycles. The van der Waals surface area contributed by atoms with E-state index in [4.69, 9.17) is 5.11 Å². The Hall–Kier alpha value is -2.04. The zero-order valence-corrected chi connectivity index (χ0v) is 12.1. The highest BCUT2D eigenvalue weighted by atomic mass is 16.4. The molecule has 0 fully saturated rings. The number of carbonyl (C=O) groups excluding carboxylic acids is 1. The Morgan fingerprint density at radius 2 is 1.90 bits per heavy atom. The zero-order chi connectivity index (χ0) is 15.0. The van der Waals surface area contributed by atoms with Crippen molar-refractivity contribution in [1.29, 1.82) is 0 Å². The van der Waals surface area contributed by atoms with E-state index in [0.717, 1.165) is 12.0 Å². The monoisotopic (exact) mass is 278 g/mol. The van der Waals surface area contributed by atoms with Gasteiger partial charge in [-0.05, 0) is 24.0 Å². The molecule has 5 nitrogen and oxygen atoms in total. The van der Waals surface area contributed by atoms with E-state index in [1.165, 1.54) is 10.5 Å². The summed E-state index contributed by atoms with van der Waals surface area (Å²) in [6, 6.07) is 7.82. The number of carboxylic acids is 1. The van der Waals surface area contributed by atoms with Gasteiger partial charge < -0.3 is 15.3 Å². The number of urea groups is 1. The molecule has 0 atom stereocenters. The van der Waals surface area contributed by atoms with Crippen molar-refractivity contribution < 1.29 is 14.7 Å². The summed E-state index contributed by atoms with van der Waals surface area (Å²) >= 11 is 0. The highest BCUT2D eigenvalue weighted by Crippen LogP contribution is 2.09. The van der Waals surface area contributed by atoms with Crippen LogP contribution in [0.15, 0.2) is 24.3 Å². The van der Waals surface area contributed by atoms with Crippen LogP contribution in [0.25, 0.3) is 0 Å². The molecule has 2 N–H and O–H groups in total. The molecule has 1 aromatic rings. The summed E-state index contributed by atoms with van der Waals surface area (Å²) < 4.78 is 0. The van der Waals surface area contributed by atoms with E-state index in [1.54, 1.807) is 7.05 Å². The third-order valence-electron chi connectivity index (χ3n) is 3.16. The van der Waals surface area contributed by atoms with Gasteiger partial charge in [0.2, 0.25) is 0 Å². The van der Waals surface area contributed by atoms with Crippen molar-refractivity contribution in [1.82, 2.24) is 10.2 Å². The first-order valence-corrected chi connectivity index (χ1v) is 6.82. The van der Waals surface area contributed by atoms with Crippen LogP contribution in [0, 0.1) is 0 Å². The molecular weight excluding hydrogens is 256 g/mol. The molecule has 110 valence electrons. The van der Waals surface area contributed by atoms with Crippen LogP contribution in [0.3, 0.4) is 0 Å². The second-order valence-electron chi connectivity index (χ2n) is 4.70. The molecule has 5 heteroatoms. The van der Waals surface area contributed by atoms with Gasteiger partial charge in [-0.15, -0.1) is 0 Å². The molecule has 20 heavy (non-hydrogen) atoms. The third kappa shape index (κ3) is 5.30. The molecule has 0 aliphatic carbocycles. The lowest BCUT2D eigenvalue weighted by Gasteiger charge is -2.18. The van der Waals surface area contributed by atoms with Gasteiger partial charge in [0.25, 0.3) is 0 Å². The molecule has 0 saturated carbocycles. The molecule has 0 saturated heterocycles. The second-order valence-corrected chi connectivity index (χ2v) is 4.70. The lowest BCUT2D eigenvalue weighted by atomic mass is 10.1. The number of rotatable bonds is 7. The predicted octanol–water partition coefficient (Wildman–Crippen LogP) is 2.26. The Kier molecular flexibility index (Phi) is 6.56. The Bertz CT molecular complexity index is 460. The number of aliphatic carboxylic acids is 1. The zero-order valence-electron chi connectivity index (χ0n) is 12.1. The van der Waals surface area contributed by atoms with Gasteiger partial charge >= 0.3 is 12.0 Å². The van der Waals surface area contributed by atoms with Gasteiger partial charge in [0.1, 0.15) is 0 Å². The van der Waals surface area contributed by atoms with Crippen LogP contribution in [0.4, 0.5) is 4.79 Å². The fraction of sp³-hybridized carbons (Fsp3) is 0.467. The molecular formula is C15H22N2O3. The normalized spacial score (nSPS) is 10.1. The van der Waals surface area contributed by atoms with Crippen molar-refractivity contribution >= 4 is 12.0 Å². The van der Waals surface area contributed by atoms with E-state index in [2.05, 4.69) is 18.3 Å². The summed E-state index contributed by atoms with van der Waals surface area (Å²) in [6.45, 7) is 3.01. The third-order valence-corrected chi connectivity index (χ3v) is 3.16. The van der Waals surface area contributed by atoms with Crippen molar-refractivity contribution in [3.8, 4) is 0 Å². The van der Waals surface area contributed by atoms with Crippen LogP contribution in [-0.4, -0.2) is 35.6 Å². The molecule has 0 aliphatic heterocycles. The average molecular weight is 278 g/mol. The number of carbonyl (C=O) groups is 2. The van der Waals surface area contributed by atoms with E-state index in [0.29, 0.717) is 19.5 Å². The summed E-state index contributed by atoms with van der Waals surface area (Å²) in [4.78, 5) is 23.8. The minimum Gasteiger partial charge on any atom is -0.481 e. The van der Waals surface area contributed by atoms with Crippen molar-refractivity contribution in [3.63, 3.8) is 0 Å². The van der Waals surface area contributed by atoms with Crippen molar-refractivity contribution in [2.45, 2.75) is 32.7 Å². The molecule has 0 spiro atoms. The van der Waals surface area contributed by atoms with E-state index >= 15 is 0 Å². The Balaban J connectivity index is 2.40. The first-order valence-electron chi connectivity index (χ1n) is 6.82. The quantitative estimate of drug-likeness (QED) is 0.803. The SMILES string of the molecule is CCc1ccccc1CNC(=O)N(C)CCCC(=O)O. The molecule has 0 unspecified atom stereocenters. The minimum atomic E-state index is -0.837. The van der Waals surface area contributed by atoms with E-state index in [1.807, 2.05) is 18.2 Å². The van der Waals surface area contributed by atoms with Gasteiger partial charge in [-0.25, -0.2) is 4.79 Å². The summed E-state index contributed by atoms with van der Waals surface area (Å²) in [5.41, 5.74) is 2.34. The fourth-order valence-corrected chi connectivity index (χ4v) is 1.95. The van der Waals surface area contributed by atoms with Gasteiger partial charge in [0, 0.05) is 26.6 Å². The number of nitrogens with zero attached hydrogens (tertiary/aromatic N) is 1. The first kappa shape index (κ1) is 16.0. The van der Waals surface area contributed by atoms with Gasteiger partial charge in [0.05, 0.1) is 0 Å². The van der Waals surface area contributed by atoms with Crippen LogP contribution >= 0.6 is 0 Å². The largest absolute Gasteiger partial charge is 0.481 e. The topological polar surface area (TPSA) is 69.6 Å². The number of benzene rings is 1. The molecule has 0 bridgehead atoms. The van der Waals surface area contributed by atoms with E-state index < -0.39 is 5.97 Å². The van der Waals surface area contributed by atoms with Crippen LogP contribution in [-0.2, 0) is 17.8 Å². The van der Waals surface area contributed by atoms with Crippen molar-refractivity contribution in [2.75, 3.05) is 13.6 Å². The smallest absolute Gasteiger partial charge is 0.317 e. The molecule has 1 rings (SSSR count). The maximum Gasteiger partial charge on any atom is 0.317 e. The highest BCUT2D eigenvalue weighted by molar-refractivity contribution is 5.74. The van der Waals surface area contributed by atoms with Crippen LogP contribution in [0.1, 0.15) is 30.9 Å². The standard InChI is InChI=1S/C15H22N2O3/c1-3-12-7-4-5-8-13(12)11-16-15(20)17(2)10-6-9-14(18)19/h4-5,7-8H,3,6,9-11H2,1-2H3,(H,16,20)(H,18,19). The Morgan fingerprint density at radius 1 is 1.25 bits per heavy atom. The summed E-state index contributed by atoms with van der Waals surface area (Å²) in [5.74, 6) is -0.837. The lowest BCUT2D eigenvalue weighted by molar-refractivity contribution is -0.137. The maximum atomic E-state index is 11.9. The second kappa shape index (κ2) is 8.19. The van der Waals surface area contributed by atoms with Gasteiger partial charge in [0.15, 0.2) is 0 Å². The summed E-state index contributed by atoms with van der Waals surface area (Å²) in [7, 11) is 1.67. The molecule has 2 amide bonds. The fourth-order valence-electron chi connectivity index (χ4n) is 1.95. The van der Waals surface area contributed by atoms with E-state index in [-0.39, 0.29) is 12.5 Å². The van der Waals surface area contributed by atoms with Crippen LogP contribution in [0.2, 0.25) is 0 Å². The lowest BCUT2D eigenvalue weighted by Crippen LogP contribution is -2.37. The van der Waals surface area contributed by atoms with Gasteiger partial charge in [-0.2, -0.15) is 0 Å². The highest BCUT2D eigenvalue weighted by Gasteiger charge is 2.09.